The predicted molar refractivity (Wildman–Crippen MR) is 122 cm³/mol. The summed E-state index contributed by atoms with van der Waals surface area (Å²) in [4.78, 5) is 52.6. The lowest BCUT2D eigenvalue weighted by atomic mass is 10.0. The van der Waals surface area contributed by atoms with Crippen molar-refractivity contribution < 1.29 is 29.4 Å². The molecule has 0 saturated carbocycles. The molecular formula is C18H35N7O6S. The van der Waals surface area contributed by atoms with E-state index in [0.717, 1.165) is 0 Å². The van der Waals surface area contributed by atoms with Crippen LogP contribution in [0.15, 0.2) is 4.99 Å². The number of carboxylic acid groups (broad SMARTS) is 1. The lowest BCUT2D eigenvalue weighted by Crippen LogP contribution is -2.59. The number of guanidine groups is 1. The molecule has 0 aromatic heterocycles. The lowest BCUT2D eigenvalue weighted by molar-refractivity contribution is -0.142. The minimum Gasteiger partial charge on any atom is -0.480 e. The number of aliphatic hydroxyl groups is 1. The Hall–Kier alpha value is -2.58. The maximum absolute atomic E-state index is 12.7. The highest BCUT2D eigenvalue weighted by atomic mass is 32.1. The molecule has 184 valence electrons. The first-order valence-electron chi connectivity index (χ1n) is 10.1. The van der Waals surface area contributed by atoms with E-state index in [1.165, 1.54) is 6.92 Å². The molecule has 0 bridgehead atoms. The Morgan fingerprint density at radius 2 is 1.53 bits per heavy atom. The highest BCUT2D eigenvalue weighted by Gasteiger charge is 2.31. The molecule has 0 radical (unpaired) electrons. The number of nitrogens with one attached hydrogen (secondary N) is 3. The van der Waals surface area contributed by atoms with Crippen molar-refractivity contribution in [2.24, 2.45) is 28.1 Å². The van der Waals surface area contributed by atoms with E-state index in [-0.39, 0.29) is 24.7 Å². The minimum atomic E-state index is -1.25. The second-order valence-electron chi connectivity index (χ2n) is 7.59. The predicted octanol–water partition coefficient (Wildman–Crippen LogP) is -3.13. The molecule has 0 heterocycles. The summed E-state index contributed by atoms with van der Waals surface area (Å²) in [5.41, 5.74) is 16.0. The molecule has 0 spiro atoms. The summed E-state index contributed by atoms with van der Waals surface area (Å²) in [6.07, 6.45) is -0.748. The van der Waals surface area contributed by atoms with E-state index >= 15 is 0 Å². The Labute approximate surface area is 192 Å². The van der Waals surface area contributed by atoms with Crippen molar-refractivity contribution in [2.75, 3.05) is 12.3 Å². The number of hydrogen-bond donors (Lipinski definition) is 9. The molecule has 5 unspecified atom stereocenters. The molecule has 0 aliphatic carbocycles. The number of aliphatic carboxylic acids is 1. The maximum atomic E-state index is 12.7. The van der Waals surface area contributed by atoms with E-state index in [0.29, 0.717) is 6.42 Å². The number of amides is 3. The third-order valence-electron chi connectivity index (χ3n) is 4.44. The number of thiol groups is 1. The van der Waals surface area contributed by atoms with Gasteiger partial charge in [0.15, 0.2) is 5.96 Å². The summed E-state index contributed by atoms with van der Waals surface area (Å²) < 4.78 is 0. The Morgan fingerprint density at radius 3 is 1.97 bits per heavy atom. The molecule has 0 aliphatic rings. The van der Waals surface area contributed by atoms with Crippen LogP contribution < -0.4 is 33.2 Å². The molecule has 14 heteroatoms. The zero-order valence-corrected chi connectivity index (χ0v) is 19.3. The zero-order chi connectivity index (χ0) is 25.0. The fraction of sp³-hybridized carbons (Fsp3) is 0.722. The third-order valence-corrected chi connectivity index (χ3v) is 4.81. The van der Waals surface area contributed by atoms with Gasteiger partial charge in [0.2, 0.25) is 17.7 Å². The zero-order valence-electron chi connectivity index (χ0n) is 18.4. The molecule has 13 nitrogen and oxygen atoms in total. The molecule has 0 aromatic rings. The van der Waals surface area contributed by atoms with Crippen LogP contribution in [0.1, 0.15) is 33.6 Å². The quantitative estimate of drug-likeness (QED) is 0.0531. The van der Waals surface area contributed by atoms with Crippen molar-refractivity contribution >= 4 is 42.3 Å². The molecule has 0 saturated heterocycles. The average molecular weight is 478 g/mol. The van der Waals surface area contributed by atoms with E-state index in [4.69, 9.17) is 17.2 Å². The van der Waals surface area contributed by atoms with Crippen LogP contribution in [-0.2, 0) is 19.2 Å². The van der Waals surface area contributed by atoms with Crippen LogP contribution in [0.5, 0.6) is 0 Å². The first-order chi connectivity index (χ1) is 14.8. The number of nitrogens with zero attached hydrogens (tertiary/aromatic N) is 1. The minimum absolute atomic E-state index is 0.0726. The fourth-order valence-electron chi connectivity index (χ4n) is 2.49. The van der Waals surface area contributed by atoms with Crippen molar-refractivity contribution in [1.82, 2.24) is 16.0 Å². The van der Waals surface area contributed by atoms with E-state index in [1.54, 1.807) is 13.8 Å². The number of nitrogens with two attached hydrogens (primary N) is 3. The summed E-state index contributed by atoms with van der Waals surface area (Å²) in [5.74, 6) is -4.03. The number of rotatable bonds is 14. The number of hydrogen-bond acceptors (Lipinski definition) is 8. The van der Waals surface area contributed by atoms with Crippen LogP contribution >= 0.6 is 12.6 Å². The molecule has 32 heavy (non-hydrogen) atoms. The van der Waals surface area contributed by atoms with Gasteiger partial charge in [-0.3, -0.25) is 19.4 Å². The van der Waals surface area contributed by atoms with Crippen molar-refractivity contribution in [3.63, 3.8) is 0 Å². The molecule has 0 aliphatic heterocycles. The van der Waals surface area contributed by atoms with Gasteiger partial charge in [-0.05, 0) is 25.7 Å². The second kappa shape index (κ2) is 14.5. The standard InChI is InChI=1S/C18H35N7O6S/c1-8(2)13(16(29)23-10(17(30)31)5-4-6-22-18(20)21)25-14(27)11(7-32)24-15(28)12(19)9(3)26/h8-13,26,32H,4-7,19H2,1-3H3,(H,23,29)(H,24,28)(H,25,27)(H,30,31)(H4,20,21,22). The molecule has 0 rings (SSSR count). The van der Waals surface area contributed by atoms with Crippen LogP contribution in [0.2, 0.25) is 0 Å². The Kier molecular flexibility index (Phi) is 13.3. The van der Waals surface area contributed by atoms with E-state index in [1.807, 2.05) is 0 Å². The van der Waals surface area contributed by atoms with Crippen LogP contribution in [0, 0.1) is 5.92 Å². The van der Waals surface area contributed by atoms with Gasteiger partial charge in [0, 0.05) is 12.3 Å². The monoisotopic (exact) mass is 477 g/mol. The summed E-state index contributed by atoms with van der Waals surface area (Å²) in [6, 6.07) is -4.66. The lowest BCUT2D eigenvalue weighted by Gasteiger charge is -2.26. The summed E-state index contributed by atoms with van der Waals surface area (Å²) >= 11 is 4.03. The van der Waals surface area contributed by atoms with Crippen molar-refractivity contribution in [3.8, 4) is 0 Å². The smallest absolute Gasteiger partial charge is 0.326 e. The first-order valence-corrected chi connectivity index (χ1v) is 10.7. The SMILES string of the molecule is CC(C)C(NC(=O)C(CS)NC(=O)C(N)C(C)O)C(=O)NC(CCCN=C(N)N)C(=O)O. The number of aliphatic imine (C=N–C) groups is 1. The highest BCUT2D eigenvalue weighted by Crippen LogP contribution is 2.06. The number of carbonyl (C=O) groups is 4. The van der Waals surface area contributed by atoms with E-state index < -0.39 is 59.9 Å². The van der Waals surface area contributed by atoms with Gasteiger partial charge in [0.25, 0.3) is 0 Å². The van der Waals surface area contributed by atoms with Crippen LogP contribution in [0.3, 0.4) is 0 Å². The van der Waals surface area contributed by atoms with Crippen molar-refractivity contribution in [2.45, 2.75) is 63.9 Å². The van der Waals surface area contributed by atoms with Crippen molar-refractivity contribution in [3.05, 3.63) is 0 Å². The van der Waals surface area contributed by atoms with E-state index in [2.05, 4.69) is 33.6 Å². The highest BCUT2D eigenvalue weighted by molar-refractivity contribution is 7.80. The van der Waals surface area contributed by atoms with E-state index in [9.17, 15) is 29.4 Å². The Morgan fingerprint density at radius 1 is 0.969 bits per heavy atom. The van der Waals surface area contributed by atoms with Crippen LogP contribution in [0.4, 0.5) is 0 Å². The fourth-order valence-corrected chi connectivity index (χ4v) is 2.75. The van der Waals surface area contributed by atoms with Crippen molar-refractivity contribution in [1.29, 1.82) is 0 Å². The largest absolute Gasteiger partial charge is 0.480 e. The van der Waals surface area contributed by atoms with Gasteiger partial charge in [0.1, 0.15) is 24.2 Å². The molecule has 0 fully saturated rings. The van der Waals surface area contributed by atoms with Gasteiger partial charge in [-0.15, -0.1) is 0 Å². The third kappa shape index (κ3) is 10.6. The normalized spacial score (nSPS) is 15.6. The Bertz CT molecular complexity index is 685. The molecular weight excluding hydrogens is 442 g/mol. The topological polar surface area (TPSA) is 235 Å². The molecule has 0 aromatic carbocycles. The number of carbonyl (C=O) groups excluding carboxylic acids is 3. The van der Waals surface area contributed by atoms with Crippen LogP contribution in [-0.4, -0.2) is 82.4 Å². The summed E-state index contributed by atoms with van der Waals surface area (Å²) in [6.45, 7) is 4.85. The summed E-state index contributed by atoms with van der Waals surface area (Å²) in [7, 11) is 0. The van der Waals surface area contributed by atoms with Gasteiger partial charge < -0.3 is 43.4 Å². The van der Waals surface area contributed by atoms with Gasteiger partial charge in [-0.25, -0.2) is 4.79 Å². The van der Waals surface area contributed by atoms with Gasteiger partial charge >= 0.3 is 5.97 Å². The summed E-state index contributed by atoms with van der Waals surface area (Å²) in [5, 5.41) is 26.1. The molecule has 11 N–H and O–H groups in total. The molecule has 5 atom stereocenters. The number of aliphatic hydroxyl groups excluding tert-OH is 1. The van der Waals surface area contributed by atoms with Crippen LogP contribution in [0.25, 0.3) is 0 Å². The number of carboxylic acids is 1. The van der Waals surface area contributed by atoms with Gasteiger partial charge in [-0.2, -0.15) is 12.6 Å². The Balaban J connectivity index is 5.15. The second-order valence-corrected chi connectivity index (χ2v) is 7.95. The molecule has 3 amide bonds. The average Bonchev–Trinajstić information content (AvgIpc) is 2.70. The van der Waals surface area contributed by atoms with Gasteiger partial charge in [-0.1, -0.05) is 13.8 Å². The van der Waals surface area contributed by atoms with Gasteiger partial charge in [0.05, 0.1) is 6.10 Å². The first kappa shape index (κ1) is 29.4. The maximum Gasteiger partial charge on any atom is 0.326 e.